The van der Waals surface area contributed by atoms with Crippen molar-refractivity contribution in [2.24, 2.45) is 0 Å². The molecule has 3 rings (SSSR count). The maximum absolute atomic E-state index is 12.1. The van der Waals surface area contributed by atoms with Crippen molar-refractivity contribution in [2.75, 3.05) is 11.9 Å². The molecular formula is C20H16N2O7. The van der Waals surface area contributed by atoms with E-state index >= 15 is 0 Å². The molecule has 0 aliphatic rings. The minimum absolute atomic E-state index is 0.00335. The number of amides is 1. The van der Waals surface area contributed by atoms with Crippen molar-refractivity contribution < 1.29 is 23.7 Å². The second kappa shape index (κ2) is 7.93. The third kappa shape index (κ3) is 4.29. The predicted octanol–water partition coefficient (Wildman–Crippen LogP) is 3.11. The molecule has 1 aromatic heterocycles. The number of para-hydroxylation sites is 1. The number of nitro groups is 1. The van der Waals surface area contributed by atoms with Gasteiger partial charge in [0.1, 0.15) is 11.3 Å². The Balaban J connectivity index is 1.72. The van der Waals surface area contributed by atoms with Crippen LogP contribution in [0, 0.1) is 24.0 Å². The van der Waals surface area contributed by atoms with Gasteiger partial charge in [0, 0.05) is 12.1 Å². The van der Waals surface area contributed by atoms with Gasteiger partial charge >= 0.3 is 5.97 Å². The first-order valence-electron chi connectivity index (χ1n) is 8.52. The van der Waals surface area contributed by atoms with Crippen LogP contribution >= 0.6 is 0 Å². The van der Waals surface area contributed by atoms with Crippen LogP contribution in [0.25, 0.3) is 11.0 Å². The van der Waals surface area contributed by atoms with Crippen molar-refractivity contribution in [3.8, 4) is 0 Å². The average Bonchev–Trinajstić information content (AvgIpc) is 2.68. The molecule has 0 saturated heterocycles. The summed E-state index contributed by atoms with van der Waals surface area (Å²) in [6.45, 7) is 2.75. The number of benzene rings is 2. The number of ether oxygens (including phenoxy) is 1. The van der Waals surface area contributed by atoms with E-state index in [4.69, 9.17) is 9.15 Å². The van der Waals surface area contributed by atoms with E-state index in [2.05, 4.69) is 5.32 Å². The lowest BCUT2D eigenvalue weighted by Crippen LogP contribution is -2.22. The highest BCUT2D eigenvalue weighted by Gasteiger charge is 2.19. The lowest BCUT2D eigenvalue weighted by atomic mass is 10.1. The monoisotopic (exact) mass is 396 g/mol. The van der Waals surface area contributed by atoms with Gasteiger partial charge in [-0.3, -0.25) is 19.7 Å². The molecule has 1 amide bonds. The number of nitro benzene ring substituents is 1. The molecule has 2 aromatic carbocycles. The lowest BCUT2D eigenvalue weighted by molar-refractivity contribution is -0.384. The molecule has 0 aliphatic carbocycles. The van der Waals surface area contributed by atoms with Crippen LogP contribution in [0.3, 0.4) is 0 Å². The van der Waals surface area contributed by atoms with Crippen LogP contribution in [-0.2, 0) is 9.53 Å². The van der Waals surface area contributed by atoms with Crippen molar-refractivity contribution in [1.29, 1.82) is 0 Å². The number of nitrogens with zero attached hydrogens (tertiary/aromatic N) is 1. The molecule has 29 heavy (non-hydrogen) atoms. The van der Waals surface area contributed by atoms with Crippen molar-refractivity contribution in [3.05, 3.63) is 79.7 Å². The second-order valence-electron chi connectivity index (χ2n) is 6.31. The van der Waals surface area contributed by atoms with E-state index in [0.29, 0.717) is 10.9 Å². The van der Waals surface area contributed by atoms with Gasteiger partial charge in [-0.25, -0.2) is 4.79 Å². The summed E-state index contributed by atoms with van der Waals surface area (Å²) in [6.07, 6.45) is 0. The molecule has 9 nitrogen and oxygen atoms in total. The van der Waals surface area contributed by atoms with E-state index in [0.717, 1.165) is 11.6 Å². The summed E-state index contributed by atoms with van der Waals surface area (Å²) in [5.41, 5.74) is 0.967. The number of esters is 1. The summed E-state index contributed by atoms with van der Waals surface area (Å²) >= 11 is 0. The minimum atomic E-state index is -1.00. The van der Waals surface area contributed by atoms with E-state index in [9.17, 15) is 24.5 Å². The Morgan fingerprint density at radius 1 is 1.14 bits per heavy atom. The van der Waals surface area contributed by atoms with Gasteiger partial charge in [-0.05, 0) is 43.2 Å². The summed E-state index contributed by atoms with van der Waals surface area (Å²) in [4.78, 5) is 46.8. The van der Waals surface area contributed by atoms with Crippen LogP contribution in [0.5, 0.6) is 0 Å². The fraction of sp³-hybridized carbons (Fsp3) is 0.150. The molecule has 1 heterocycles. The van der Waals surface area contributed by atoms with Gasteiger partial charge in [0.15, 0.2) is 12.0 Å². The van der Waals surface area contributed by atoms with E-state index in [1.165, 1.54) is 18.2 Å². The predicted molar refractivity (Wildman–Crippen MR) is 104 cm³/mol. The van der Waals surface area contributed by atoms with Gasteiger partial charge in [-0.2, -0.15) is 0 Å². The molecule has 0 radical (unpaired) electrons. The van der Waals surface area contributed by atoms with Crippen molar-refractivity contribution in [2.45, 2.75) is 13.8 Å². The van der Waals surface area contributed by atoms with E-state index in [-0.39, 0.29) is 22.7 Å². The third-order valence-corrected chi connectivity index (χ3v) is 4.25. The lowest BCUT2D eigenvalue weighted by Gasteiger charge is -2.09. The Morgan fingerprint density at radius 3 is 2.55 bits per heavy atom. The van der Waals surface area contributed by atoms with Gasteiger partial charge in [-0.1, -0.05) is 12.1 Å². The quantitative estimate of drug-likeness (QED) is 0.398. The molecule has 3 aromatic rings. The topological polar surface area (TPSA) is 129 Å². The highest BCUT2D eigenvalue weighted by molar-refractivity contribution is 5.96. The number of hydrogen-bond donors (Lipinski definition) is 1. The molecule has 9 heteroatoms. The standard InChI is InChI=1S/C20H16N2O7/c1-11-7-14(15(22(26)27)8-12(11)2)21-19(24)10-28-20(25)18-9-16(23)13-5-3-4-6-17(13)29-18/h3-9H,10H2,1-2H3,(H,21,24). The minimum Gasteiger partial charge on any atom is -0.450 e. The highest BCUT2D eigenvalue weighted by Crippen LogP contribution is 2.27. The summed E-state index contributed by atoms with van der Waals surface area (Å²) in [7, 11) is 0. The van der Waals surface area contributed by atoms with Crippen LogP contribution in [0.15, 0.2) is 51.7 Å². The normalized spacial score (nSPS) is 10.6. The third-order valence-electron chi connectivity index (χ3n) is 4.25. The SMILES string of the molecule is Cc1cc(NC(=O)COC(=O)c2cc(=O)c3ccccc3o2)c([N+](=O)[O-])cc1C. The molecule has 0 spiro atoms. The molecule has 1 N–H and O–H groups in total. The van der Waals surface area contributed by atoms with Gasteiger partial charge in [0.25, 0.3) is 11.6 Å². The van der Waals surface area contributed by atoms with Crippen LogP contribution in [0.4, 0.5) is 11.4 Å². The largest absolute Gasteiger partial charge is 0.450 e. The summed E-state index contributed by atoms with van der Waals surface area (Å²) in [5.74, 6) is -2.12. The van der Waals surface area contributed by atoms with Gasteiger partial charge in [-0.15, -0.1) is 0 Å². The number of carbonyl (C=O) groups excluding carboxylic acids is 2. The Morgan fingerprint density at radius 2 is 1.83 bits per heavy atom. The van der Waals surface area contributed by atoms with Gasteiger partial charge in [0.2, 0.25) is 5.76 Å². The van der Waals surface area contributed by atoms with Crippen LogP contribution in [-0.4, -0.2) is 23.4 Å². The molecule has 0 bridgehead atoms. The molecule has 0 saturated carbocycles. The first kappa shape index (κ1) is 19.7. The summed E-state index contributed by atoms with van der Waals surface area (Å²) in [6, 6.07) is 10.2. The molecular weight excluding hydrogens is 380 g/mol. The maximum atomic E-state index is 12.1. The number of hydrogen-bond acceptors (Lipinski definition) is 7. The number of nitrogens with one attached hydrogen (secondary N) is 1. The number of aryl methyl sites for hydroxylation is 2. The highest BCUT2D eigenvalue weighted by atomic mass is 16.6. The van der Waals surface area contributed by atoms with E-state index in [1.54, 1.807) is 32.0 Å². The van der Waals surface area contributed by atoms with E-state index in [1.807, 2.05) is 0 Å². The van der Waals surface area contributed by atoms with Crippen molar-refractivity contribution in [1.82, 2.24) is 0 Å². The van der Waals surface area contributed by atoms with Crippen molar-refractivity contribution >= 4 is 34.2 Å². The number of fused-ring (bicyclic) bond motifs is 1. The molecule has 0 atom stereocenters. The van der Waals surface area contributed by atoms with Crippen LogP contribution in [0.1, 0.15) is 21.7 Å². The zero-order chi connectivity index (χ0) is 21.1. The van der Waals surface area contributed by atoms with Gasteiger partial charge < -0.3 is 14.5 Å². The fourth-order valence-electron chi connectivity index (χ4n) is 2.65. The molecule has 0 aliphatic heterocycles. The average molecular weight is 396 g/mol. The molecule has 0 unspecified atom stereocenters. The van der Waals surface area contributed by atoms with Crippen LogP contribution in [0.2, 0.25) is 0 Å². The molecule has 148 valence electrons. The smallest absolute Gasteiger partial charge is 0.374 e. The Kier molecular flexibility index (Phi) is 5.40. The Hall–Kier alpha value is -4.01. The Bertz CT molecular complexity index is 1200. The first-order chi connectivity index (χ1) is 13.8. The number of anilines is 1. The van der Waals surface area contributed by atoms with Crippen LogP contribution < -0.4 is 10.7 Å². The summed E-state index contributed by atoms with van der Waals surface area (Å²) in [5, 5.41) is 13.9. The summed E-state index contributed by atoms with van der Waals surface area (Å²) < 4.78 is 10.2. The van der Waals surface area contributed by atoms with Gasteiger partial charge in [0.05, 0.1) is 10.3 Å². The number of carbonyl (C=O) groups is 2. The fourth-order valence-corrected chi connectivity index (χ4v) is 2.65. The number of rotatable bonds is 5. The second-order valence-corrected chi connectivity index (χ2v) is 6.31. The van der Waals surface area contributed by atoms with E-state index < -0.39 is 28.8 Å². The Labute approximate surface area is 164 Å². The van der Waals surface area contributed by atoms with Crippen molar-refractivity contribution in [3.63, 3.8) is 0 Å². The zero-order valence-electron chi connectivity index (χ0n) is 15.6. The molecule has 0 fully saturated rings. The first-order valence-corrected chi connectivity index (χ1v) is 8.52. The zero-order valence-corrected chi connectivity index (χ0v) is 15.6. The maximum Gasteiger partial charge on any atom is 0.374 e.